The zero-order valence-electron chi connectivity index (χ0n) is 21.0. The number of amides is 4. The molecule has 0 radical (unpaired) electrons. The van der Waals surface area contributed by atoms with Crippen molar-refractivity contribution in [3.05, 3.63) is 71.6 Å². The average molecular weight is 570 g/mol. The molecular formula is C27H25ClFN5O6. The Kier molecular flexibility index (Phi) is 9.12. The van der Waals surface area contributed by atoms with Crippen LogP contribution in [-0.2, 0) is 14.4 Å². The Labute approximate surface area is 233 Å². The van der Waals surface area contributed by atoms with E-state index in [0.717, 1.165) is 0 Å². The number of nitrogens with one attached hydrogen (secondary N) is 3. The maximum atomic E-state index is 13.0. The second kappa shape index (κ2) is 12.9. The predicted molar refractivity (Wildman–Crippen MR) is 145 cm³/mol. The summed E-state index contributed by atoms with van der Waals surface area (Å²) in [4.78, 5) is 53.5. The molecule has 0 spiro atoms. The number of carboxylic acid groups (broad SMARTS) is 1. The van der Waals surface area contributed by atoms with E-state index in [2.05, 4.69) is 20.9 Å². The highest BCUT2D eigenvalue weighted by molar-refractivity contribution is 6.34. The van der Waals surface area contributed by atoms with Crippen molar-refractivity contribution in [2.24, 2.45) is 5.92 Å². The minimum atomic E-state index is -0.994. The van der Waals surface area contributed by atoms with Gasteiger partial charge in [-0.15, -0.1) is 0 Å². The molecule has 4 amide bonds. The molecule has 1 aromatic heterocycles. The van der Waals surface area contributed by atoms with Gasteiger partial charge in [0.15, 0.2) is 0 Å². The zero-order chi connectivity index (χ0) is 28.6. The normalized spacial score (nSPS) is 13.3. The van der Waals surface area contributed by atoms with Gasteiger partial charge in [-0.2, -0.15) is 0 Å². The van der Waals surface area contributed by atoms with Crippen molar-refractivity contribution in [1.82, 2.24) is 9.88 Å². The lowest BCUT2D eigenvalue weighted by Gasteiger charge is -2.29. The molecule has 0 saturated carbocycles. The summed E-state index contributed by atoms with van der Waals surface area (Å²) in [6, 6.07) is 12.8. The Morgan fingerprint density at radius 1 is 0.950 bits per heavy atom. The molecule has 13 heteroatoms. The fourth-order valence-electron chi connectivity index (χ4n) is 3.98. The van der Waals surface area contributed by atoms with Gasteiger partial charge in [0.25, 0.3) is 0 Å². The molecule has 4 rings (SSSR count). The number of benzene rings is 2. The van der Waals surface area contributed by atoms with Gasteiger partial charge in [-0.3, -0.25) is 14.4 Å². The highest BCUT2D eigenvalue weighted by atomic mass is 35.5. The smallest absolute Gasteiger partial charge is 0.407 e. The number of carbonyl (C=O) groups excluding carboxylic acids is 3. The second-order valence-corrected chi connectivity index (χ2v) is 9.34. The first-order valence-corrected chi connectivity index (χ1v) is 12.6. The van der Waals surface area contributed by atoms with Crippen LogP contribution in [0.25, 0.3) is 0 Å². The summed E-state index contributed by atoms with van der Waals surface area (Å²) in [7, 11) is 0. The van der Waals surface area contributed by atoms with Crippen LogP contribution in [0, 0.1) is 11.7 Å². The molecule has 0 unspecified atom stereocenters. The number of hydrogen-bond acceptors (Lipinski definition) is 6. The topological polar surface area (TPSA) is 150 Å². The van der Waals surface area contributed by atoms with E-state index in [1.807, 2.05) is 0 Å². The number of piperidine rings is 1. The Balaban J connectivity index is 1.29. The first-order chi connectivity index (χ1) is 19.2. The Hall–Kier alpha value is -4.71. The van der Waals surface area contributed by atoms with Gasteiger partial charge < -0.3 is 30.7 Å². The van der Waals surface area contributed by atoms with E-state index in [4.69, 9.17) is 21.4 Å². The summed E-state index contributed by atoms with van der Waals surface area (Å²) in [6.07, 6.45) is 0.844. The molecule has 0 bridgehead atoms. The third kappa shape index (κ3) is 7.90. The van der Waals surface area contributed by atoms with Gasteiger partial charge in [0.1, 0.15) is 29.6 Å². The fourth-order valence-corrected chi connectivity index (χ4v) is 4.20. The number of rotatable bonds is 8. The van der Waals surface area contributed by atoms with Gasteiger partial charge in [0.05, 0.1) is 10.7 Å². The third-order valence-electron chi connectivity index (χ3n) is 6.02. The molecule has 1 fully saturated rings. The number of anilines is 3. The number of likely N-dealkylation sites (tertiary alicyclic amines) is 1. The molecule has 3 aromatic rings. The number of nitrogens with zero attached hydrogens (tertiary/aromatic N) is 2. The van der Waals surface area contributed by atoms with Crippen LogP contribution < -0.4 is 20.7 Å². The third-order valence-corrected chi connectivity index (χ3v) is 6.33. The van der Waals surface area contributed by atoms with Crippen molar-refractivity contribution in [3.8, 4) is 11.5 Å². The van der Waals surface area contributed by atoms with Crippen molar-refractivity contribution in [2.45, 2.75) is 19.3 Å². The van der Waals surface area contributed by atoms with E-state index in [0.29, 0.717) is 43.1 Å². The Morgan fingerprint density at radius 2 is 1.62 bits per heavy atom. The lowest BCUT2D eigenvalue weighted by Crippen LogP contribution is -2.40. The van der Waals surface area contributed by atoms with Gasteiger partial charge in [-0.1, -0.05) is 11.6 Å². The van der Waals surface area contributed by atoms with Crippen molar-refractivity contribution >= 4 is 52.6 Å². The first kappa shape index (κ1) is 28.3. The molecule has 4 N–H and O–H groups in total. The molecule has 1 saturated heterocycles. The summed E-state index contributed by atoms with van der Waals surface area (Å²) >= 11 is 6.30. The summed E-state index contributed by atoms with van der Waals surface area (Å²) in [5.74, 6) is -1.19. The number of pyridine rings is 1. The van der Waals surface area contributed by atoms with Crippen LogP contribution in [-0.4, -0.2) is 51.9 Å². The molecule has 1 aliphatic heterocycles. The number of carbonyl (C=O) groups is 4. The van der Waals surface area contributed by atoms with Crippen LogP contribution in [0.5, 0.6) is 11.5 Å². The van der Waals surface area contributed by atoms with E-state index in [-0.39, 0.29) is 28.4 Å². The standard InChI is InChI=1S/C27H25ClFN5O6/c28-21-13-19(5-6-22(21)32-25(36)15-24(35)31-18-3-1-17(29)2-4-18)40-20-7-10-30-23(14-20)33-26(37)16-8-11-34(12-9-16)27(38)39/h1-7,10,13-14,16H,8-9,11-12,15H2,(H,31,35)(H,32,36)(H,38,39)(H,30,33,37). The minimum absolute atomic E-state index is 0.167. The molecule has 0 atom stereocenters. The van der Waals surface area contributed by atoms with Gasteiger partial charge in [-0.25, -0.2) is 14.2 Å². The number of halogens is 2. The number of aromatic nitrogens is 1. The van der Waals surface area contributed by atoms with Crippen molar-refractivity contribution < 1.29 is 33.4 Å². The maximum absolute atomic E-state index is 13.0. The summed E-state index contributed by atoms with van der Waals surface area (Å²) in [5, 5.41) is 17.0. The van der Waals surface area contributed by atoms with E-state index >= 15 is 0 Å². The van der Waals surface area contributed by atoms with E-state index in [9.17, 15) is 23.6 Å². The Morgan fingerprint density at radius 3 is 2.30 bits per heavy atom. The van der Waals surface area contributed by atoms with Gasteiger partial charge in [0.2, 0.25) is 17.7 Å². The second-order valence-electron chi connectivity index (χ2n) is 8.93. The molecule has 208 valence electrons. The average Bonchev–Trinajstić information content (AvgIpc) is 2.91. The first-order valence-electron chi connectivity index (χ1n) is 12.2. The van der Waals surface area contributed by atoms with Crippen LogP contribution in [0.3, 0.4) is 0 Å². The summed E-state index contributed by atoms with van der Waals surface area (Å²) in [5.41, 5.74) is 0.629. The number of hydrogen-bond donors (Lipinski definition) is 4. The summed E-state index contributed by atoms with van der Waals surface area (Å²) in [6.45, 7) is 0.592. The monoisotopic (exact) mass is 569 g/mol. The van der Waals surface area contributed by atoms with Gasteiger partial charge in [-0.05, 0) is 55.3 Å². The largest absolute Gasteiger partial charge is 0.465 e. The molecule has 2 heterocycles. The SMILES string of the molecule is O=C(CC(=O)Nc1ccc(Oc2ccnc(NC(=O)C3CCN(C(=O)O)CC3)c2)cc1Cl)Nc1ccc(F)cc1. The predicted octanol–water partition coefficient (Wildman–Crippen LogP) is 4.96. The van der Waals surface area contributed by atoms with E-state index < -0.39 is 30.1 Å². The van der Waals surface area contributed by atoms with Crippen LogP contribution >= 0.6 is 11.6 Å². The highest BCUT2D eigenvalue weighted by Crippen LogP contribution is 2.30. The van der Waals surface area contributed by atoms with Crippen LogP contribution in [0.15, 0.2) is 60.8 Å². The number of ether oxygens (including phenoxy) is 1. The summed E-state index contributed by atoms with van der Waals surface area (Å²) < 4.78 is 18.8. The molecule has 0 aliphatic carbocycles. The van der Waals surface area contributed by atoms with Crippen LogP contribution in [0.4, 0.5) is 26.4 Å². The molecule has 40 heavy (non-hydrogen) atoms. The lowest BCUT2D eigenvalue weighted by molar-refractivity contribution is -0.124. The molecule has 11 nitrogen and oxygen atoms in total. The Bertz CT molecular complexity index is 1410. The van der Waals surface area contributed by atoms with Crippen LogP contribution in [0.1, 0.15) is 19.3 Å². The van der Waals surface area contributed by atoms with E-state index in [1.165, 1.54) is 53.6 Å². The van der Waals surface area contributed by atoms with Crippen molar-refractivity contribution in [3.63, 3.8) is 0 Å². The molecule has 2 aromatic carbocycles. The lowest BCUT2D eigenvalue weighted by atomic mass is 9.96. The highest BCUT2D eigenvalue weighted by Gasteiger charge is 2.27. The maximum Gasteiger partial charge on any atom is 0.407 e. The van der Waals surface area contributed by atoms with Crippen molar-refractivity contribution in [1.29, 1.82) is 0 Å². The zero-order valence-corrected chi connectivity index (χ0v) is 21.8. The van der Waals surface area contributed by atoms with E-state index in [1.54, 1.807) is 12.1 Å². The molecule has 1 aliphatic rings. The molecular weight excluding hydrogens is 545 g/mol. The van der Waals surface area contributed by atoms with Gasteiger partial charge >= 0.3 is 6.09 Å². The fraction of sp³-hybridized carbons (Fsp3) is 0.222. The minimum Gasteiger partial charge on any atom is -0.465 e. The quantitative estimate of drug-likeness (QED) is 0.280. The van der Waals surface area contributed by atoms with Crippen LogP contribution in [0.2, 0.25) is 5.02 Å². The van der Waals surface area contributed by atoms with Gasteiger partial charge in [0, 0.05) is 43.0 Å². The van der Waals surface area contributed by atoms with Crippen molar-refractivity contribution in [2.75, 3.05) is 29.0 Å².